The highest BCUT2D eigenvalue weighted by atomic mass is 16.4. The van der Waals surface area contributed by atoms with Crippen LogP contribution in [0.25, 0.3) is 0 Å². The van der Waals surface area contributed by atoms with Gasteiger partial charge in [0.15, 0.2) is 0 Å². The molecule has 0 unspecified atom stereocenters. The van der Waals surface area contributed by atoms with E-state index in [2.05, 4.69) is 15.3 Å². The zero-order valence-electron chi connectivity index (χ0n) is 10.6. The smallest absolute Gasteiger partial charge is 0.303 e. The average molecular weight is 260 g/mol. The number of hydrogen-bond acceptors (Lipinski definition) is 4. The van der Waals surface area contributed by atoms with Crippen LogP contribution in [0.1, 0.15) is 30.5 Å². The summed E-state index contributed by atoms with van der Waals surface area (Å²) in [7, 11) is 0. The summed E-state index contributed by atoms with van der Waals surface area (Å²) in [5, 5.41) is 16.7. The van der Waals surface area contributed by atoms with Crippen LogP contribution in [0, 0.1) is 0 Å². The van der Waals surface area contributed by atoms with Gasteiger partial charge in [0.2, 0.25) is 0 Å². The van der Waals surface area contributed by atoms with Crippen molar-refractivity contribution < 1.29 is 9.90 Å². The van der Waals surface area contributed by atoms with E-state index in [0.29, 0.717) is 13.0 Å². The Morgan fingerprint density at radius 1 is 1.26 bits per heavy atom. The second-order valence-electron chi connectivity index (χ2n) is 4.36. The van der Waals surface area contributed by atoms with Crippen LogP contribution in [0.5, 0.6) is 0 Å². The number of carbonyl (C=O) groups is 1. The lowest BCUT2D eigenvalue weighted by Gasteiger charge is -1.99. The Hall–Kier alpha value is -2.24. The van der Waals surface area contributed by atoms with Crippen molar-refractivity contribution in [2.75, 3.05) is 0 Å². The number of carboxylic acids is 1. The Bertz CT molecular complexity index is 524. The molecule has 2 heterocycles. The van der Waals surface area contributed by atoms with Crippen molar-refractivity contribution in [3.63, 3.8) is 0 Å². The van der Waals surface area contributed by atoms with Crippen LogP contribution in [0.4, 0.5) is 0 Å². The minimum atomic E-state index is -0.749. The van der Waals surface area contributed by atoms with Crippen LogP contribution >= 0.6 is 0 Å². The fourth-order valence-electron chi connectivity index (χ4n) is 1.79. The van der Waals surface area contributed by atoms with E-state index < -0.39 is 5.97 Å². The van der Waals surface area contributed by atoms with Crippen LogP contribution in [0.3, 0.4) is 0 Å². The number of rotatable bonds is 7. The predicted octanol–water partition coefficient (Wildman–Crippen LogP) is 1.52. The number of unbranched alkanes of at least 4 members (excludes halogenated alkanes) is 1. The molecule has 0 aliphatic carbocycles. The number of carboxylic acid groups (broad SMARTS) is 1. The van der Waals surface area contributed by atoms with Crippen LogP contribution in [-0.2, 0) is 17.8 Å². The predicted molar refractivity (Wildman–Crippen MR) is 68.6 cm³/mol. The van der Waals surface area contributed by atoms with Gasteiger partial charge in [-0.15, -0.1) is 5.10 Å². The van der Waals surface area contributed by atoms with Gasteiger partial charge in [0, 0.05) is 25.0 Å². The largest absolute Gasteiger partial charge is 0.481 e. The SMILES string of the molecule is O=C(O)CCCCc1cn(Cc2ccncc2)nn1. The molecular formula is C13H16N4O2. The van der Waals surface area contributed by atoms with E-state index in [1.54, 1.807) is 17.1 Å². The van der Waals surface area contributed by atoms with E-state index >= 15 is 0 Å². The van der Waals surface area contributed by atoms with E-state index in [-0.39, 0.29) is 6.42 Å². The highest BCUT2D eigenvalue weighted by Gasteiger charge is 2.03. The lowest BCUT2D eigenvalue weighted by Crippen LogP contribution is -2.00. The van der Waals surface area contributed by atoms with Gasteiger partial charge in [-0.1, -0.05) is 5.21 Å². The number of hydrogen-bond donors (Lipinski definition) is 1. The zero-order valence-corrected chi connectivity index (χ0v) is 10.6. The fraction of sp³-hybridized carbons (Fsp3) is 0.385. The molecule has 2 aromatic heterocycles. The number of aromatic nitrogens is 4. The van der Waals surface area contributed by atoms with Gasteiger partial charge in [-0.3, -0.25) is 9.78 Å². The molecule has 19 heavy (non-hydrogen) atoms. The number of aliphatic carboxylic acids is 1. The monoisotopic (exact) mass is 260 g/mol. The molecule has 0 radical (unpaired) electrons. The molecule has 1 N–H and O–H groups in total. The minimum Gasteiger partial charge on any atom is -0.481 e. The van der Waals surface area contributed by atoms with Crippen molar-refractivity contribution in [1.82, 2.24) is 20.0 Å². The summed E-state index contributed by atoms with van der Waals surface area (Å²) in [5.74, 6) is -0.749. The zero-order chi connectivity index (χ0) is 13.5. The maximum absolute atomic E-state index is 10.4. The first-order valence-corrected chi connectivity index (χ1v) is 6.24. The van der Waals surface area contributed by atoms with Gasteiger partial charge in [0.1, 0.15) is 0 Å². The summed E-state index contributed by atoms with van der Waals surface area (Å²) >= 11 is 0. The molecule has 0 spiro atoms. The standard InChI is InChI=1S/C13H16N4O2/c18-13(19)4-2-1-3-12-10-17(16-15-12)9-11-5-7-14-8-6-11/h5-8,10H,1-4,9H2,(H,18,19). The Labute approximate surface area is 111 Å². The number of nitrogens with zero attached hydrogens (tertiary/aromatic N) is 4. The van der Waals surface area contributed by atoms with Crippen LogP contribution in [0.2, 0.25) is 0 Å². The molecule has 0 amide bonds. The van der Waals surface area contributed by atoms with Gasteiger partial charge < -0.3 is 5.11 Å². The fourth-order valence-corrected chi connectivity index (χ4v) is 1.79. The summed E-state index contributed by atoms with van der Waals surface area (Å²) in [5.41, 5.74) is 2.02. The Balaban J connectivity index is 1.80. The Morgan fingerprint density at radius 2 is 2.05 bits per heavy atom. The molecule has 2 rings (SSSR count). The third-order valence-electron chi connectivity index (χ3n) is 2.75. The summed E-state index contributed by atoms with van der Waals surface area (Å²) in [6.07, 6.45) is 7.88. The van der Waals surface area contributed by atoms with Crippen LogP contribution in [-0.4, -0.2) is 31.1 Å². The lowest BCUT2D eigenvalue weighted by molar-refractivity contribution is -0.137. The van der Waals surface area contributed by atoms with Crippen molar-refractivity contribution in [1.29, 1.82) is 0 Å². The third kappa shape index (κ3) is 4.50. The lowest BCUT2D eigenvalue weighted by atomic mass is 10.1. The highest BCUT2D eigenvalue weighted by Crippen LogP contribution is 2.05. The minimum absolute atomic E-state index is 0.213. The van der Waals surface area contributed by atoms with E-state index in [9.17, 15) is 4.79 Å². The van der Waals surface area contributed by atoms with E-state index in [1.165, 1.54) is 0 Å². The van der Waals surface area contributed by atoms with Crippen molar-refractivity contribution in [2.24, 2.45) is 0 Å². The summed E-state index contributed by atoms with van der Waals surface area (Å²) < 4.78 is 1.78. The normalized spacial score (nSPS) is 10.5. The second kappa shape index (κ2) is 6.63. The van der Waals surface area contributed by atoms with Gasteiger partial charge >= 0.3 is 5.97 Å². The van der Waals surface area contributed by atoms with Gasteiger partial charge in [-0.05, 0) is 37.0 Å². The second-order valence-corrected chi connectivity index (χ2v) is 4.36. The molecule has 0 aromatic carbocycles. The van der Waals surface area contributed by atoms with E-state index in [1.807, 2.05) is 18.3 Å². The van der Waals surface area contributed by atoms with E-state index in [4.69, 9.17) is 5.11 Å². The van der Waals surface area contributed by atoms with Gasteiger partial charge in [0.05, 0.1) is 12.2 Å². The van der Waals surface area contributed by atoms with Gasteiger partial charge in [-0.2, -0.15) is 0 Å². The van der Waals surface area contributed by atoms with Crippen molar-refractivity contribution in [3.05, 3.63) is 42.0 Å². The molecule has 0 aliphatic heterocycles. The molecule has 0 saturated heterocycles. The Morgan fingerprint density at radius 3 is 2.79 bits per heavy atom. The van der Waals surface area contributed by atoms with Gasteiger partial charge in [0.25, 0.3) is 0 Å². The quantitative estimate of drug-likeness (QED) is 0.763. The van der Waals surface area contributed by atoms with Crippen LogP contribution in [0.15, 0.2) is 30.7 Å². The summed E-state index contributed by atoms with van der Waals surface area (Å²) in [4.78, 5) is 14.3. The van der Waals surface area contributed by atoms with Crippen LogP contribution < -0.4 is 0 Å². The molecule has 0 bridgehead atoms. The number of pyridine rings is 1. The van der Waals surface area contributed by atoms with Gasteiger partial charge in [-0.25, -0.2) is 4.68 Å². The first-order chi connectivity index (χ1) is 9.24. The molecule has 6 nitrogen and oxygen atoms in total. The maximum atomic E-state index is 10.4. The first-order valence-electron chi connectivity index (χ1n) is 6.24. The molecule has 0 saturated carbocycles. The molecular weight excluding hydrogens is 244 g/mol. The highest BCUT2D eigenvalue weighted by molar-refractivity contribution is 5.66. The van der Waals surface area contributed by atoms with E-state index in [0.717, 1.165) is 24.1 Å². The first kappa shape index (κ1) is 13.2. The molecule has 0 aliphatic rings. The third-order valence-corrected chi connectivity index (χ3v) is 2.75. The van der Waals surface area contributed by atoms with Crippen molar-refractivity contribution in [2.45, 2.75) is 32.2 Å². The molecule has 6 heteroatoms. The number of aryl methyl sites for hydroxylation is 1. The summed E-state index contributed by atoms with van der Waals surface area (Å²) in [6.45, 7) is 0.671. The van der Waals surface area contributed by atoms with Crippen molar-refractivity contribution >= 4 is 5.97 Å². The van der Waals surface area contributed by atoms with Crippen molar-refractivity contribution in [3.8, 4) is 0 Å². The molecule has 100 valence electrons. The summed E-state index contributed by atoms with van der Waals surface area (Å²) in [6, 6.07) is 3.88. The molecule has 0 fully saturated rings. The Kier molecular flexibility index (Phi) is 4.60. The molecule has 2 aromatic rings. The topological polar surface area (TPSA) is 80.9 Å². The average Bonchev–Trinajstić information content (AvgIpc) is 2.83. The maximum Gasteiger partial charge on any atom is 0.303 e. The molecule has 0 atom stereocenters.